The highest BCUT2D eigenvalue weighted by Crippen LogP contribution is 2.30. The first-order chi connectivity index (χ1) is 15.3. The number of halogens is 3. The van der Waals surface area contributed by atoms with Crippen LogP contribution in [0.15, 0.2) is 48.5 Å². The number of nitrogens with zero attached hydrogens (tertiary/aromatic N) is 3. The van der Waals surface area contributed by atoms with E-state index in [0.29, 0.717) is 5.69 Å². The molecule has 0 saturated heterocycles. The van der Waals surface area contributed by atoms with Crippen molar-refractivity contribution in [2.24, 2.45) is 0 Å². The fourth-order valence-corrected chi connectivity index (χ4v) is 3.76. The second-order valence-corrected chi connectivity index (χ2v) is 7.91. The van der Waals surface area contributed by atoms with Crippen molar-refractivity contribution in [1.29, 1.82) is 0 Å². The first kappa shape index (κ1) is 21.9. The minimum Gasteiger partial charge on any atom is -0.374 e. The fraction of sp³-hybridized carbons (Fsp3) is 0.348. The van der Waals surface area contributed by atoms with Crippen LogP contribution in [0.3, 0.4) is 0 Å². The van der Waals surface area contributed by atoms with Crippen molar-refractivity contribution in [3.63, 3.8) is 0 Å². The van der Waals surface area contributed by atoms with E-state index in [0.717, 1.165) is 60.8 Å². The number of aromatic nitrogens is 3. The molecular weight excluding hydrogens is 419 g/mol. The molecular formula is C23H24F3N5O. The van der Waals surface area contributed by atoms with Gasteiger partial charge in [0.2, 0.25) is 5.91 Å². The van der Waals surface area contributed by atoms with Gasteiger partial charge in [0, 0.05) is 29.9 Å². The van der Waals surface area contributed by atoms with Crippen LogP contribution in [0.2, 0.25) is 0 Å². The van der Waals surface area contributed by atoms with Gasteiger partial charge < -0.3 is 15.2 Å². The maximum atomic E-state index is 12.7. The number of rotatable bonds is 5. The molecule has 1 amide bonds. The summed E-state index contributed by atoms with van der Waals surface area (Å²) in [5.74, 6) is 1.46. The summed E-state index contributed by atoms with van der Waals surface area (Å²) >= 11 is 0. The van der Waals surface area contributed by atoms with Gasteiger partial charge >= 0.3 is 6.18 Å². The average Bonchev–Trinajstić information content (AvgIpc) is 3.02. The highest BCUT2D eigenvalue weighted by molar-refractivity contribution is 5.96. The lowest BCUT2D eigenvalue weighted by atomic mass is 10.1. The molecule has 9 heteroatoms. The summed E-state index contributed by atoms with van der Waals surface area (Å²) in [6, 6.07) is 11.4. The van der Waals surface area contributed by atoms with E-state index < -0.39 is 17.8 Å². The predicted molar refractivity (Wildman–Crippen MR) is 116 cm³/mol. The molecule has 2 aromatic carbocycles. The van der Waals surface area contributed by atoms with E-state index in [1.807, 2.05) is 24.3 Å². The number of amides is 1. The summed E-state index contributed by atoms with van der Waals surface area (Å²) in [6.07, 6.45) is -0.102. The molecule has 2 N–H and O–H groups in total. The van der Waals surface area contributed by atoms with Crippen LogP contribution >= 0.6 is 0 Å². The van der Waals surface area contributed by atoms with Crippen LogP contribution < -0.4 is 10.6 Å². The molecule has 168 valence electrons. The number of hydrogen-bond donors (Lipinski definition) is 2. The van der Waals surface area contributed by atoms with Crippen LogP contribution in [0, 0.1) is 0 Å². The van der Waals surface area contributed by atoms with Gasteiger partial charge in [-0.2, -0.15) is 13.2 Å². The van der Waals surface area contributed by atoms with Gasteiger partial charge in [-0.1, -0.05) is 18.6 Å². The van der Waals surface area contributed by atoms with E-state index in [9.17, 15) is 18.0 Å². The SMILES string of the molecule is C[C@H](Nc1cccc(-c2nnc3n2CCCCC3)c1)C(=O)Nc1ccc(C(F)(F)F)cc1. The summed E-state index contributed by atoms with van der Waals surface area (Å²) in [4.78, 5) is 12.5. The zero-order valence-electron chi connectivity index (χ0n) is 17.6. The second-order valence-electron chi connectivity index (χ2n) is 7.91. The third-order valence-electron chi connectivity index (χ3n) is 5.49. The van der Waals surface area contributed by atoms with E-state index in [1.165, 1.54) is 18.6 Å². The van der Waals surface area contributed by atoms with E-state index in [2.05, 4.69) is 25.4 Å². The summed E-state index contributed by atoms with van der Waals surface area (Å²) < 4.78 is 40.2. The number of hydrogen-bond acceptors (Lipinski definition) is 4. The highest BCUT2D eigenvalue weighted by atomic mass is 19.4. The van der Waals surface area contributed by atoms with Crippen molar-refractivity contribution in [1.82, 2.24) is 14.8 Å². The van der Waals surface area contributed by atoms with Gasteiger partial charge in [0.05, 0.1) is 5.56 Å². The number of benzene rings is 2. The average molecular weight is 443 g/mol. The number of alkyl halides is 3. The van der Waals surface area contributed by atoms with Gasteiger partial charge in [0.25, 0.3) is 0 Å². The van der Waals surface area contributed by atoms with Crippen LogP contribution in [0.4, 0.5) is 24.5 Å². The monoisotopic (exact) mass is 443 g/mol. The minimum atomic E-state index is -4.41. The maximum absolute atomic E-state index is 12.7. The Morgan fingerprint density at radius 2 is 1.81 bits per heavy atom. The lowest BCUT2D eigenvalue weighted by molar-refractivity contribution is -0.137. The largest absolute Gasteiger partial charge is 0.416 e. The molecule has 0 fully saturated rings. The van der Waals surface area contributed by atoms with Crippen molar-refractivity contribution in [3.05, 3.63) is 59.9 Å². The van der Waals surface area contributed by atoms with Crippen molar-refractivity contribution < 1.29 is 18.0 Å². The molecule has 0 unspecified atom stereocenters. The zero-order chi connectivity index (χ0) is 22.7. The van der Waals surface area contributed by atoms with E-state index in [1.54, 1.807) is 6.92 Å². The van der Waals surface area contributed by atoms with Crippen molar-refractivity contribution in [2.75, 3.05) is 10.6 Å². The van der Waals surface area contributed by atoms with Crippen LogP contribution in [0.1, 0.15) is 37.6 Å². The smallest absolute Gasteiger partial charge is 0.374 e. The van der Waals surface area contributed by atoms with E-state index >= 15 is 0 Å². The molecule has 0 saturated carbocycles. The topological polar surface area (TPSA) is 71.8 Å². The molecule has 1 aliphatic heterocycles. The van der Waals surface area contributed by atoms with E-state index in [-0.39, 0.29) is 5.91 Å². The summed E-state index contributed by atoms with van der Waals surface area (Å²) in [5.41, 5.74) is 1.19. The highest BCUT2D eigenvalue weighted by Gasteiger charge is 2.30. The van der Waals surface area contributed by atoms with Crippen LogP contribution in [-0.2, 0) is 23.9 Å². The minimum absolute atomic E-state index is 0.302. The van der Waals surface area contributed by atoms with Crippen LogP contribution in [-0.4, -0.2) is 26.7 Å². The molecule has 1 atom stereocenters. The first-order valence-corrected chi connectivity index (χ1v) is 10.6. The zero-order valence-corrected chi connectivity index (χ0v) is 17.6. The fourth-order valence-electron chi connectivity index (χ4n) is 3.76. The molecule has 3 aromatic rings. The Labute approximate surface area is 183 Å². The van der Waals surface area contributed by atoms with Gasteiger partial charge in [0.1, 0.15) is 11.9 Å². The van der Waals surface area contributed by atoms with Gasteiger partial charge in [-0.15, -0.1) is 10.2 Å². The molecule has 6 nitrogen and oxygen atoms in total. The Kier molecular flexibility index (Phi) is 6.16. The Morgan fingerprint density at radius 1 is 1.03 bits per heavy atom. The molecule has 32 heavy (non-hydrogen) atoms. The Hall–Kier alpha value is -3.36. The molecule has 0 radical (unpaired) electrons. The lowest BCUT2D eigenvalue weighted by Gasteiger charge is -2.16. The maximum Gasteiger partial charge on any atom is 0.416 e. The summed E-state index contributed by atoms with van der Waals surface area (Å²) in [7, 11) is 0. The first-order valence-electron chi connectivity index (χ1n) is 10.6. The van der Waals surface area contributed by atoms with Crippen molar-refractivity contribution >= 4 is 17.3 Å². The van der Waals surface area contributed by atoms with Crippen LogP contribution in [0.25, 0.3) is 11.4 Å². The molecule has 4 rings (SSSR count). The van der Waals surface area contributed by atoms with Crippen molar-refractivity contribution in [3.8, 4) is 11.4 Å². The Morgan fingerprint density at radius 3 is 2.56 bits per heavy atom. The predicted octanol–water partition coefficient (Wildman–Crippen LogP) is 5.13. The van der Waals surface area contributed by atoms with E-state index in [4.69, 9.17) is 0 Å². The van der Waals surface area contributed by atoms with Gasteiger partial charge in [-0.25, -0.2) is 0 Å². The molecule has 0 spiro atoms. The number of nitrogens with one attached hydrogen (secondary N) is 2. The molecule has 0 bridgehead atoms. The number of carbonyl (C=O) groups excluding carboxylic acids is 1. The third kappa shape index (κ3) is 4.92. The third-order valence-corrected chi connectivity index (χ3v) is 5.49. The quantitative estimate of drug-likeness (QED) is 0.574. The Balaban J connectivity index is 1.43. The molecule has 1 aromatic heterocycles. The number of anilines is 2. The standard InChI is InChI=1S/C23H24F3N5O/c1-15(22(32)28-18-11-9-17(10-12-18)23(24,25)26)27-19-7-5-6-16(14-19)21-30-29-20-8-3-2-4-13-31(20)21/h5-7,9-12,14-15,27H,2-4,8,13H2,1H3,(H,28,32)/t15-/m0/s1. The summed E-state index contributed by atoms with van der Waals surface area (Å²) in [6.45, 7) is 2.58. The summed E-state index contributed by atoms with van der Waals surface area (Å²) in [5, 5.41) is 14.5. The van der Waals surface area contributed by atoms with Gasteiger partial charge in [-0.05, 0) is 56.2 Å². The molecule has 2 heterocycles. The molecule has 0 aliphatic carbocycles. The molecule has 1 aliphatic rings. The normalized spacial score (nSPS) is 14.9. The van der Waals surface area contributed by atoms with Gasteiger partial charge in [-0.3, -0.25) is 4.79 Å². The van der Waals surface area contributed by atoms with Crippen LogP contribution in [0.5, 0.6) is 0 Å². The number of aryl methyl sites for hydroxylation is 1. The number of carbonyl (C=O) groups is 1. The number of fused-ring (bicyclic) bond motifs is 1. The van der Waals surface area contributed by atoms with Gasteiger partial charge in [0.15, 0.2) is 5.82 Å². The van der Waals surface area contributed by atoms with Crippen molar-refractivity contribution in [2.45, 2.75) is 51.4 Å². The lowest BCUT2D eigenvalue weighted by Crippen LogP contribution is -2.31. The second kappa shape index (κ2) is 9.02. The Bertz CT molecular complexity index is 1090.